The maximum Gasteiger partial charge on any atom is 0.273 e. The van der Waals surface area contributed by atoms with E-state index >= 15 is 0 Å². The second kappa shape index (κ2) is 7.82. The molecule has 0 aliphatic heterocycles. The van der Waals surface area contributed by atoms with Crippen molar-refractivity contribution >= 4 is 28.8 Å². The van der Waals surface area contributed by atoms with Crippen LogP contribution in [0.4, 0.5) is 0 Å². The van der Waals surface area contributed by atoms with Crippen molar-refractivity contribution in [2.45, 2.75) is 33.3 Å². The largest absolute Gasteiger partial charge is 0.402 e. The van der Waals surface area contributed by atoms with Crippen LogP contribution in [0, 0.1) is 0 Å². The molecule has 0 aliphatic rings. The van der Waals surface area contributed by atoms with E-state index in [-0.39, 0.29) is 12.0 Å². The first-order valence-electron chi connectivity index (χ1n) is 8.37. The number of hydrogen-bond donors (Lipinski definition) is 0. The molecule has 0 saturated heterocycles. The van der Waals surface area contributed by atoms with Crippen molar-refractivity contribution in [1.82, 2.24) is 0 Å². The van der Waals surface area contributed by atoms with Gasteiger partial charge >= 0.3 is 0 Å². The van der Waals surface area contributed by atoms with E-state index in [1.54, 1.807) is 6.92 Å². The van der Waals surface area contributed by atoms with Crippen LogP contribution in [0.1, 0.15) is 27.7 Å². The zero-order chi connectivity index (χ0) is 18.6. The highest BCUT2D eigenvalue weighted by molar-refractivity contribution is 7.88. The molecule has 0 unspecified atom stereocenters. The molecule has 4 nitrogen and oxygen atoms in total. The molecule has 2 aromatic rings. The average Bonchev–Trinajstić information content (AvgIpc) is 2.54. The smallest absolute Gasteiger partial charge is 0.273 e. The van der Waals surface area contributed by atoms with Gasteiger partial charge < -0.3 is 4.43 Å². The highest BCUT2D eigenvalue weighted by Crippen LogP contribution is 2.20. The van der Waals surface area contributed by atoms with Gasteiger partial charge in [-0.05, 0) is 38.1 Å². The fourth-order valence-corrected chi connectivity index (χ4v) is 10.2. The number of benzene rings is 2. The minimum absolute atomic E-state index is 0.117. The molecule has 0 amide bonds. The van der Waals surface area contributed by atoms with Crippen molar-refractivity contribution in [2.75, 3.05) is 12.0 Å². The molecule has 6 heteroatoms. The lowest BCUT2D eigenvalue weighted by molar-refractivity contribution is 0.127. The van der Waals surface area contributed by atoms with Crippen molar-refractivity contribution in [1.29, 1.82) is 0 Å². The molecule has 25 heavy (non-hydrogen) atoms. The lowest BCUT2D eigenvalue weighted by Gasteiger charge is -2.38. The minimum atomic E-state index is -3.72. The molecule has 0 bridgehead atoms. The van der Waals surface area contributed by atoms with Crippen molar-refractivity contribution in [2.24, 2.45) is 0 Å². The Labute approximate surface area is 152 Å². The van der Waals surface area contributed by atoms with Gasteiger partial charge in [0.1, 0.15) is 5.38 Å². The quantitative estimate of drug-likeness (QED) is 0.549. The maximum absolute atomic E-state index is 12.6. The van der Waals surface area contributed by atoms with Crippen LogP contribution in [-0.4, -0.2) is 34.3 Å². The normalized spacial score (nSPS) is 13.0. The molecule has 0 saturated carbocycles. The van der Waals surface area contributed by atoms with Crippen LogP contribution >= 0.6 is 0 Å². The van der Waals surface area contributed by atoms with E-state index in [9.17, 15) is 8.42 Å². The van der Waals surface area contributed by atoms with Crippen LogP contribution in [0.2, 0.25) is 0 Å². The summed E-state index contributed by atoms with van der Waals surface area (Å²) in [5.74, 6) is 0. The van der Waals surface area contributed by atoms with Crippen molar-refractivity contribution in [3.05, 3.63) is 60.7 Å². The standard InChI is InChI=1S/C19H26O4SSi/c1-5-22-24(20,21)16-25(23-19(2,3)4,17-12-8-6-9-13-17)18-14-10-7-11-15-18/h6-15H,5,16H2,1-4H3. The summed E-state index contributed by atoms with van der Waals surface area (Å²) < 4.78 is 36.9. The topological polar surface area (TPSA) is 52.6 Å². The van der Waals surface area contributed by atoms with Gasteiger partial charge in [0.25, 0.3) is 18.4 Å². The van der Waals surface area contributed by atoms with Crippen LogP contribution in [0.25, 0.3) is 0 Å². The Morgan fingerprint density at radius 3 is 1.68 bits per heavy atom. The summed E-state index contributed by atoms with van der Waals surface area (Å²) in [5, 5.41) is 1.68. The van der Waals surface area contributed by atoms with Gasteiger partial charge in [-0.3, -0.25) is 4.18 Å². The Hall–Kier alpha value is -1.47. The number of rotatable bonds is 7. The van der Waals surface area contributed by atoms with Crippen LogP contribution < -0.4 is 10.4 Å². The Morgan fingerprint density at radius 2 is 1.32 bits per heavy atom. The maximum atomic E-state index is 12.6. The Kier molecular flexibility index (Phi) is 6.21. The monoisotopic (exact) mass is 378 g/mol. The highest BCUT2D eigenvalue weighted by Gasteiger charge is 2.47. The zero-order valence-corrected chi connectivity index (χ0v) is 17.0. The first-order valence-corrected chi connectivity index (χ1v) is 12.1. The molecule has 136 valence electrons. The van der Waals surface area contributed by atoms with Gasteiger partial charge in [-0.1, -0.05) is 60.7 Å². The SMILES string of the molecule is CCOS(=O)(=O)C[Si](OC(C)(C)C)(c1ccccc1)c1ccccc1. The van der Waals surface area contributed by atoms with Crippen molar-refractivity contribution in [3.8, 4) is 0 Å². The van der Waals surface area contributed by atoms with E-state index in [1.165, 1.54) is 0 Å². The molecule has 0 atom stereocenters. The van der Waals surface area contributed by atoms with Gasteiger partial charge in [-0.2, -0.15) is 8.42 Å². The third-order valence-corrected chi connectivity index (χ3v) is 10.8. The average molecular weight is 379 g/mol. The second-order valence-electron chi connectivity index (χ2n) is 6.88. The van der Waals surface area contributed by atoms with Crippen LogP contribution in [-0.2, 0) is 18.7 Å². The molecule has 0 aromatic heterocycles. The van der Waals surface area contributed by atoms with Crippen molar-refractivity contribution in [3.63, 3.8) is 0 Å². The van der Waals surface area contributed by atoms with E-state index in [0.717, 1.165) is 10.4 Å². The van der Waals surface area contributed by atoms with E-state index in [1.807, 2.05) is 81.4 Å². The van der Waals surface area contributed by atoms with Crippen LogP contribution in [0.15, 0.2) is 60.7 Å². The molecule has 0 heterocycles. The van der Waals surface area contributed by atoms with Gasteiger partial charge in [0.2, 0.25) is 0 Å². The minimum Gasteiger partial charge on any atom is -0.402 e. The molecule has 0 radical (unpaired) electrons. The zero-order valence-electron chi connectivity index (χ0n) is 15.2. The number of hydrogen-bond acceptors (Lipinski definition) is 4. The molecular formula is C19H26O4SSi. The van der Waals surface area contributed by atoms with Crippen LogP contribution in [0.5, 0.6) is 0 Å². The Balaban J connectivity index is 2.70. The third kappa shape index (κ3) is 5.25. The van der Waals surface area contributed by atoms with Gasteiger partial charge in [-0.25, -0.2) is 0 Å². The fourth-order valence-electron chi connectivity index (χ4n) is 2.89. The summed E-state index contributed by atoms with van der Waals surface area (Å²) in [6, 6.07) is 19.3. The first-order chi connectivity index (χ1) is 11.7. The molecular weight excluding hydrogens is 352 g/mol. The molecule has 0 N–H and O–H groups in total. The van der Waals surface area contributed by atoms with E-state index in [2.05, 4.69) is 0 Å². The van der Waals surface area contributed by atoms with Gasteiger partial charge in [-0.15, -0.1) is 0 Å². The fraction of sp³-hybridized carbons (Fsp3) is 0.368. The summed E-state index contributed by atoms with van der Waals surface area (Å²) in [5.41, 5.74) is -0.500. The molecule has 0 aliphatic carbocycles. The Bertz CT molecular complexity index is 729. The van der Waals surface area contributed by atoms with E-state index in [4.69, 9.17) is 8.61 Å². The van der Waals surface area contributed by atoms with Crippen molar-refractivity contribution < 1.29 is 17.0 Å². The van der Waals surface area contributed by atoms with Gasteiger partial charge in [0.05, 0.1) is 6.61 Å². The highest BCUT2D eigenvalue weighted by atomic mass is 32.2. The molecule has 0 fully saturated rings. The van der Waals surface area contributed by atoms with Gasteiger partial charge in [0.15, 0.2) is 0 Å². The predicted octanol–water partition coefficient (Wildman–Crippen LogP) is 2.47. The molecule has 2 aromatic carbocycles. The van der Waals surface area contributed by atoms with E-state index < -0.39 is 24.0 Å². The van der Waals surface area contributed by atoms with Gasteiger partial charge in [0, 0.05) is 5.60 Å². The predicted molar refractivity (Wildman–Crippen MR) is 104 cm³/mol. The first kappa shape index (κ1) is 19.8. The van der Waals surface area contributed by atoms with Crippen LogP contribution in [0.3, 0.4) is 0 Å². The summed E-state index contributed by atoms with van der Waals surface area (Å²) in [7, 11) is -6.79. The summed E-state index contributed by atoms with van der Waals surface area (Å²) >= 11 is 0. The summed E-state index contributed by atoms with van der Waals surface area (Å²) in [6.07, 6.45) is 0. The molecule has 2 rings (SSSR count). The Morgan fingerprint density at radius 1 is 0.880 bits per heavy atom. The summed E-state index contributed by atoms with van der Waals surface area (Å²) in [6.45, 7) is 7.65. The van der Waals surface area contributed by atoms with E-state index in [0.29, 0.717) is 0 Å². The third-order valence-electron chi connectivity index (χ3n) is 3.64. The molecule has 0 spiro atoms. The lowest BCUT2D eigenvalue weighted by atomic mass is 10.2. The summed E-state index contributed by atoms with van der Waals surface area (Å²) in [4.78, 5) is 0. The second-order valence-corrected chi connectivity index (χ2v) is 12.4. The lowest BCUT2D eigenvalue weighted by Crippen LogP contribution is -2.67.